The van der Waals surface area contributed by atoms with Gasteiger partial charge in [0.2, 0.25) is 0 Å². The highest BCUT2D eigenvalue weighted by Crippen LogP contribution is 2.32. The van der Waals surface area contributed by atoms with Gasteiger partial charge in [-0.15, -0.1) is 23.5 Å². The number of hydrogen-bond acceptors (Lipinski definition) is 5. The first-order chi connectivity index (χ1) is 12.8. The standard InChI is InChI=1S/C21H27NO2S2/c1-3-16(14-25-20-10-6-4-8-18(20)23-2)12-22-17-13-24-19-9-5-7-11-21(19)26-15-17/h4-11,16-17,22H,3,12-15H2,1-2H3. The molecular formula is C21H27NO2S2. The minimum Gasteiger partial charge on any atom is -0.496 e. The summed E-state index contributed by atoms with van der Waals surface area (Å²) < 4.78 is 11.4. The molecule has 2 aromatic rings. The molecule has 1 aliphatic rings. The zero-order valence-corrected chi connectivity index (χ0v) is 17.1. The number of thioether (sulfide) groups is 2. The van der Waals surface area contributed by atoms with Crippen molar-refractivity contribution in [3.8, 4) is 11.5 Å². The third-order valence-corrected chi connectivity index (χ3v) is 7.05. The minimum absolute atomic E-state index is 0.387. The maximum atomic E-state index is 5.98. The summed E-state index contributed by atoms with van der Waals surface area (Å²) in [5.41, 5.74) is 0. The second kappa shape index (κ2) is 10.1. The van der Waals surface area contributed by atoms with E-state index in [-0.39, 0.29) is 0 Å². The molecule has 1 aliphatic heterocycles. The van der Waals surface area contributed by atoms with E-state index in [0.29, 0.717) is 12.0 Å². The van der Waals surface area contributed by atoms with E-state index in [9.17, 15) is 0 Å². The molecule has 0 bridgehead atoms. The summed E-state index contributed by atoms with van der Waals surface area (Å²) in [5, 5.41) is 3.72. The molecule has 0 fully saturated rings. The predicted molar refractivity (Wildman–Crippen MR) is 112 cm³/mol. The van der Waals surface area contributed by atoms with Crippen LogP contribution in [0.5, 0.6) is 11.5 Å². The summed E-state index contributed by atoms with van der Waals surface area (Å²) in [5.74, 6) is 4.74. The molecule has 0 aliphatic carbocycles. The van der Waals surface area contributed by atoms with Crippen LogP contribution in [0.1, 0.15) is 13.3 Å². The summed E-state index contributed by atoms with van der Waals surface area (Å²) in [6.07, 6.45) is 1.16. The molecule has 0 aromatic heterocycles. The lowest BCUT2D eigenvalue weighted by atomic mass is 10.1. The van der Waals surface area contributed by atoms with E-state index in [1.54, 1.807) is 7.11 Å². The number of benzene rings is 2. The molecule has 0 saturated heterocycles. The second-order valence-corrected chi connectivity index (χ2v) is 8.53. The molecule has 2 atom stereocenters. The van der Waals surface area contributed by atoms with Crippen LogP contribution in [0.4, 0.5) is 0 Å². The van der Waals surface area contributed by atoms with E-state index in [1.165, 1.54) is 9.79 Å². The van der Waals surface area contributed by atoms with Crippen LogP contribution >= 0.6 is 23.5 Å². The van der Waals surface area contributed by atoms with Crippen molar-refractivity contribution in [3.05, 3.63) is 48.5 Å². The number of nitrogens with one attached hydrogen (secondary N) is 1. The summed E-state index contributed by atoms with van der Waals surface area (Å²) in [4.78, 5) is 2.47. The number of hydrogen-bond donors (Lipinski definition) is 1. The van der Waals surface area contributed by atoms with Crippen LogP contribution in [0.25, 0.3) is 0 Å². The molecule has 2 unspecified atom stereocenters. The Kier molecular flexibility index (Phi) is 7.59. The summed E-state index contributed by atoms with van der Waals surface area (Å²) in [6, 6.07) is 16.9. The molecular weight excluding hydrogens is 362 g/mol. The van der Waals surface area contributed by atoms with Crippen LogP contribution < -0.4 is 14.8 Å². The van der Waals surface area contributed by atoms with E-state index in [1.807, 2.05) is 41.7 Å². The first-order valence-corrected chi connectivity index (χ1v) is 11.1. The van der Waals surface area contributed by atoms with Crippen molar-refractivity contribution in [1.29, 1.82) is 0 Å². The van der Waals surface area contributed by atoms with Crippen LogP contribution in [-0.2, 0) is 0 Å². The summed E-state index contributed by atoms with van der Waals surface area (Å²) in [7, 11) is 1.74. The number of methoxy groups -OCH3 is 1. The highest BCUT2D eigenvalue weighted by Gasteiger charge is 2.18. The van der Waals surface area contributed by atoms with Crippen LogP contribution in [0, 0.1) is 5.92 Å². The highest BCUT2D eigenvalue weighted by molar-refractivity contribution is 7.99. The third kappa shape index (κ3) is 5.35. The van der Waals surface area contributed by atoms with Gasteiger partial charge >= 0.3 is 0 Å². The number of rotatable bonds is 8. The average Bonchev–Trinajstić information content (AvgIpc) is 2.91. The Morgan fingerprint density at radius 2 is 2.04 bits per heavy atom. The SMILES string of the molecule is CCC(CNC1COc2ccccc2SC1)CSc1ccccc1OC. The number of ether oxygens (including phenoxy) is 2. The van der Waals surface area contributed by atoms with E-state index in [0.717, 1.165) is 42.6 Å². The Hall–Kier alpha value is -1.30. The fraction of sp³-hybridized carbons (Fsp3) is 0.429. The molecule has 26 heavy (non-hydrogen) atoms. The molecule has 1 heterocycles. The average molecular weight is 390 g/mol. The van der Waals surface area contributed by atoms with Crippen molar-refractivity contribution in [3.63, 3.8) is 0 Å². The van der Waals surface area contributed by atoms with Gasteiger partial charge in [-0.3, -0.25) is 0 Å². The lowest BCUT2D eigenvalue weighted by molar-refractivity contribution is 0.268. The molecule has 140 valence electrons. The predicted octanol–water partition coefficient (Wildman–Crippen LogP) is 4.96. The first-order valence-electron chi connectivity index (χ1n) is 9.14. The molecule has 1 N–H and O–H groups in total. The van der Waals surface area contributed by atoms with Crippen molar-refractivity contribution in [2.24, 2.45) is 5.92 Å². The quantitative estimate of drug-likeness (QED) is 0.645. The smallest absolute Gasteiger partial charge is 0.132 e. The zero-order chi connectivity index (χ0) is 18.2. The lowest BCUT2D eigenvalue weighted by Crippen LogP contribution is -2.39. The maximum absolute atomic E-state index is 5.98. The molecule has 2 aromatic carbocycles. The van der Waals surface area contributed by atoms with Crippen molar-refractivity contribution in [2.75, 3.05) is 31.8 Å². The number of para-hydroxylation sites is 2. The Morgan fingerprint density at radius 1 is 1.23 bits per heavy atom. The molecule has 0 radical (unpaired) electrons. The monoisotopic (exact) mass is 389 g/mol. The minimum atomic E-state index is 0.387. The van der Waals surface area contributed by atoms with Gasteiger partial charge in [0.1, 0.15) is 18.1 Å². The van der Waals surface area contributed by atoms with Crippen LogP contribution in [-0.4, -0.2) is 37.8 Å². The Balaban J connectivity index is 1.47. The Morgan fingerprint density at radius 3 is 2.88 bits per heavy atom. The largest absolute Gasteiger partial charge is 0.496 e. The molecule has 3 rings (SSSR count). The first kappa shape index (κ1) is 19.5. The van der Waals surface area contributed by atoms with Gasteiger partial charge in [-0.25, -0.2) is 0 Å². The topological polar surface area (TPSA) is 30.5 Å². The third-order valence-electron chi connectivity index (χ3n) is 4.55. The fourth-order valence-electron chi connectivity index (χ4n) is 2.84. The van der Waals surface area contributed by atoms with Gasteiger partial charge in [-0.1, -0.05) is 37.6 Å². The molecule has 5 heteroatoms. The van der Waals surface area contributed by atoms with E-state index in [2.05, 4.69) is 42.6 Å². The molecule has 0 saturated carbocycles. The van der Waals surface area contributed by atoms with E-state index < -0.39 is 0 Å². The van der Waals surface area contributed by atoms with E-state index >= 15 is 0 Å². The van der Waals surface area contributed by atoms with Crippen molar-refractivity contribution in [1.82, 2.24) is 5.32 Å². The van der Waals surface area contributed by atoms with Gasteiger partial charge in [-0.05, 0) is 36.7 Å². The maximum Gasteiger partial charge on any atom is 0.132 e. The Bertz CT molecular complexity index is 668. The van der Waals surface area contributed by atoms with Crippen molar-refractivity contribution >= 4 is 23.5 Å². The highest BCUT2D eigenvalue weighted by atomic mass is 32.2. The summed E-state index contributed by atoms with van der Waals surface area (Å²) >= 11 is 3.77. The number of fused-ring (bicyclic) bond motifs is 1. The second-order valence-electron chi connectivity index (χ2n) is 6.41. The van der Waals surface area contributed by atoms with Crippen LogP contribution in [0.15, 0.2) is 58.3 Å². The lowest BCUT2D eigenvalue weighted by Gasteiger charge is -2.21. The van der Waals surface area contributed by atoms with Crippen LogP contribution in [0.2, 0.25) is 0 Å². The molecule has 0 amide bonds. The van der Waals surface area contributed by atoms with Gasteiger partial charge in [0.05, 0.1) is 13.2 Å². The normalized spacial score (nSPS) is 17.7. The van der Waals surface area contributed by atoms with Gasteiger partial charge in [-0.2, -0.15) is 0 Å². The summed E-state index contributed by atoms with van der Waals surface area (Å²) in [6.45, 7) is 4.02. The Labute approximate surface area is 165 Å². The van der Waals surface area contributed by atoms with Crippen LogP contribution in [0.3, 0.4) is 0 Å². The van der Waals surface area contributed by atoms with Gasteiger partial charge in [0.15, 0.2) is 0 Å². The molecule has 3 nitrogen and oxygen atoms in total. The zero-order valence-electron chi connectivity index (χ0n) is 15.4. The molecule has 0 spiro atoms. The van der Waals surface area contributed by atoms with Gasteiger partial charge < -0.3 is 14.8 Å². The van der Waals surface area contributed by atoms with Crippen molar-refractivity contribution < 1.29 is 9.47 Å². The van der Waals surface area contributed by atoms with Crippen molar-refractivity contribution in [2.45, 2.75) is 29.2 Å². The van der Waals surface area contributed by atoms with E-state index in [4.69, 9.17) is 9.47 Å². The fourth-order valence-corrected chi connectivity index (χ4v) is 5.11. The van der Waals surface area contributed by atoms with Gasteiger partial charge in [0.25, 0.3) is 0 Å². The van der Waals surface area contributed by atoms with Gasteiger partial charge in [0, 0.05) is 21.3 Å².